The van der Waals surface area contributed by atoms with Gasteiger partial charge in [0.25, 0.3) is 0 Å². The summed E-state index contributed by atoms with van der Waals surface area (Å²) in [5.41, 5.74) is 0. The second kappa shape index (κ2) is 43.7. The molecule has 0 saturated heterocycles. The quantitative estimate of drug-likeness (QED) is 0.0394. The zero-order valence-corrected chi connectivity index (χ0v) is 33.3. The first kappa shape index (κ1) is 48.6. The van der Waals surface area contributed by atoms with E-state index in [9.17, 15) is 9.90 Å². The van der Waals surface area contributed by atoms with Crippen LogP contribution in [0.3, 0.4) is 0 Å². The van der Waals surface area contributed by atoms with Crippen LogP contribution in [0, 0.1) is 0 Å². The molecule has 0 bridgehead atoms. The number of hydrogen-bond acceptors (Lipinski definition) is 4. The van der Waals surface area contributed by atoms with Gasteiger partial charge >= 0.3 is 5.97 Å². The summed E-state index contributed by atoms with van der Waals surface area (Å²) in [7, 11) is 0. The van der Waals surface area contributed by atoms with Crippen LogP contribution in [0.15, 0.2) is 85.1 Å². The third kappa shape index (κ3) is 41.9. The summed E-state index contributed by atoms with van der Waals surface area (Å²) < 4.78 is 11.1. The predicted molar refractivity (Wildman–Crippen MR) is 223 cm³/mol. The van der Waals surface area contributed by atoms with Gasteiger partial charge in [-0.3, -0.25) is 4.79 Å². The number of aliphatic hydroxyl groups excluding tert-OH is 1. The molecule has 1 atom stereocenters. The Morgan fingerprint density at radius 3 is 1.35 bits per heavy atom. The standard InChI is InChI=1S/C47H80O4/c1-3-5-7-9-11-13-15-17-19-21-23-24-25-26-28-30-32-34-36-38-40-42-47(49)51-46(44-48)45-50-43-41-39-37-35-33-31-29-27-22-20-18-16-14-12-10-8-6-4-2/h5,7,11,13,17-20,23-24,26,28,32,34,46,48H,3-4,6,8-10,12,14-16,21-22,25,27,29-31,33,35-45H2,1-2H3/b7-5-,13-11-,19-17-,20-18-,24-23-,28-26-,34-32-. The topological polar surface area (TPSA) is 55.8 Å². The maximum atomic E-state index is 12.2. The van der Waals surface area contributed by atoms with Crippen molar-refractivity contribution in [1.82, 2.24) is 0 Å². The van der Waals surface area contributed by atoms with E-state index < -0.39 is 6.10 Å². The van der Waals surface area contributed by atoms with Gasteiger partial charge in [0.2, 0.25) is 0 Å². The van der Waals surface area contributed by atoms with Crippen LogP contribution in [0.4, 0.5) is 0 Å². The normalized spacial score (nSPS) is 13.2. The Kier molecular flexibility index (Phi) is 41.6. The molecule has 0 aromatic heterocycles. The maximum absolute atomic E-state index is 12.2. The van der Waals surface area contributed by atoms with Crippen molar-refractivity contribution >= 4 is 5.97 Å². The number of esters is 1. The molecular weight excluding hydrogens is 629 g/mol. The molecule has 0 rings (SSSR count). The average Bonchev–Trinajstić information content (AvgIpc) is 3.14. The Bertz CT molecular complexity index is 923. The summed E-state index contributed by atoms with van der Waals surface area (Å²) >= 11 is 0. The number of aliphatic hydroxyl groups is 1. The molecule has 0 radical (unpaired) electrons. The summed E-state index contributed by atoms with van der Waals surface area (Å²) in [6, 6.07) is 0. The fraction of sp³-hybridized carbons (Fsp3) is 0.681. The third-order valence-electron chi connectivity index (χ3n) is 8.70. The Balaban J connectivity index is 3.57. The highest BCUT2D eigenvalue weighted by Crippen LogP contribution is 2.12. The fourth-order valence-corrected chi connectivity index (χ4v) is 5.56. The van der Waals surface area contributed by atoms with Crippen LogP contribution in [0.25, 0.3) is 0 Å². The van der Waals surface area contributed by atoms with E-state index in [4.69, 9.17) is 9.47 Å². The molecule has 0 heterocycles. The Morgan fingerprint density at radius 2 is 0.882 bits per heavy atom. The van der Waals surface area contributed by atoms with E-state index in [1.54, 1.807) is 0 Å². The van der Waals surface area contributed by atoms with Gasteiger partial charge in [-0.1, -0.05) is 170 Å². The number of allylic oxidation sites excluding steroid dienone is 14. The van der Waals surface area contributed by atoms with Gasteiger partial charge in [-0.25, -0.2) is 0 Å². The average molecular weight is 709 g/mol. The molecular formula is C47H80O4. The van der Waals surface area contributed by atoms with Crippen LogP contribution in [0.5, 0.6) is 0 Å². The molecule has 0 aliphatic rings. The van der Waals surface area contributed by atoms with Gasteiger partial charge in [-0.05, 0) is 89.9 Å². The van der Waals surface area contributed by atoms with Gasteiger partial charge in [-0.2, -0.15) is 0 Å². The smallest absolute Gasteiger partial charge is 0.306 e. The number of rotatable bonds is 38. The summed E-state index contributed by atoms with van der Waals surface area (Å²) in [6.45, 7) is 5.17. The number of carbonyl (C=O) groups is 1. The first-order chi connectivity index (χ1) is 25.2. The molecule has 1 unspecified atom stereocenters. The minimum atomic E-state index is -0.564. The summed E-state index contributed by atoms with van der Waals surface area (Å²) in [6.07, 6.45) is 60.7. The zero-order valence-electron chi connectivity index (χ0n) is 33.3. The molecule has 0 aromatic carbocycles. The molecule has 4 nitrogen and oxygen atoms in total. The number of carbonyl (C=O) groups excluding carboxylic acids is 1. The van der Waals surface area contributed by atoms with Gasteiger partial charge in [-0.15, -0.1) is 0 Å². The molecule has 0 aliphatic carbocycles. The van der Waals surface area contributed by atoms with E-state index in [-0.39, 0.29) is 19.2 Å². The Hall–Kier alpha value is -2.43. The van der Waals surface area contributed by atoms with Crippen molar-refractivity contribution < 1.29 is 19.4 Å². The van der Waals surface area contributed by atoms with Gasteiger partial charge in [0.1, 0.15) is 6.10 Å². The summed E-state index contributed by atoms with van der Waals surface area (Å²) in [5.74, 6) is -0.246. The second-order valence-corrected chi connectivity index (χ2v) is 13.7. The van der Waals surface area contributed by atoms with Gasteiger partial charge in [0.05, 0.1) is 13.2 Å². The minimum Gasteiger partial charge on any atom is -0.457 e. The molecule has 0 saturated carbocycles. The first-order valence-corrected chi connectivity index (χ1v) is 21.2. The van der Waals surface area contributed by atoms with Crippen LogP contribution in [0.1, 0.15) is 181 Å². The van der Waals surface area contributed by atoms with Gasteiger partial charge in [0.15, 0.2) is 0 Å². The molecule has 292 valence electrons. The van der Waals surface area contributed by atoms with Gasteiger partial charge in [0, 0.05) is 13.0 Å². The van der Waals surface area contributed by atoms with Crippen molar-refractivity contribution in [2.45, 2.75) is 187 Å². The van der Waals surface area contributed by atoms with Crippen LogP contribution >= 0.6 is 0 Å². The lowest BCUT2D eigenvalue weighted by Gasteiger charge is -2.15. The molecule has 1 N–H and O–H groups in total. The Labute approximate surface area is 316 Å². The van der Waals surface area contributed by atoms with E-state index in [1.807, 2.05) is 0 Å². The number of ether oxygens (including phenoxy) is 2. The molecule has 0 spiro atoms. The lowest BCUT2D eigenvalue weighted by atomic mass is 10.1. The second-order valence-electron chi connectivity index (χ2n) is 13.7. The maximum Gasteiger partial charge on any atom is 0.306 e. The van der Waals surface area contributed by atoms with Crippen LogP contribution in [-0.4, -0.2) is 37.0 Å². The number of unbranched alkanes of at least 4 members (excludes halogenated alkanes) is 16. The van der Waals surface area contributed by atoms with Crippen molar-refractivity contribution in [3.63, 3.8) is 0 Å². The fourth-order valence-electron chi connectivity index (χ4n) is 5.56. The first-order valence-electron chi connectivity index (χ1n) is 21.2. The summed E-state index contributed by atoms with van der Waals surface area (Å²) in [4.78, 5) is 12.2. The molecule has 0 aromatic rings. The minimum absolute atomic E-state index is 0.195. The van der Waals surface area contributed by atoms with Crippen LogP contribution in [0.2, 0.25) is 0 Å². The zero-order chi connectivity index (χ0) is 37.0. The summed E-state index contributed by atoms with van der Waals surface area (Å²) in [5, 5.41) is 9.59. The van der Waals surface area contributed by atoms with Crippen LogP contribution in [-0.2, 0) is 14.3 Å². The lowest BCUT2D eigenvalue weighted by molar-refractivity contribution is -0.154. The SMILES string of the molecule is CC/C=C\C/C=C\C/C=C\C/C=C\C/C=C\C/C=C\CCCCC(=O)OC(CO)COCCCCCCCCCC/C=C\CCCCCCCC. The van der Waals surface area contributed by atoms with Crippen molar-refractivity contribution in [2.75, 3.05) is 19.8 Å². The van der Waals surface area contributed by atoms with E-state index in [2.05, 4.69) is 98.9 Å². The molecule has 0 amide bonds. The molecule has 0 fully saturated rings. The van der Waals surface area contributed by atoms with Crippen LogP contribution < -0.4 is 0 Å². The van der Waals surface area contributed by atoms with Crippen molar-refractivity contribution in [3.8, 4) is 0 Å². The largest absolute Gasteiger partial charge is 0.457 e. The van der Waals surface area contributed by atoms with Gasteiger partial charge < -0.3 is 14.6 Å². The van der Waals surface area contributed by atoms with E-state index in [0.717, 1.165) is 64.2 Å². The van der Waals surface area contributed by atoms with E-state index in [0.29, 0.717) is 13.0 Å². The molecule has 51 heavy (non-hydrogen) atoms. The highest BCUT2D eigenvalue weighted by atomic mass is 16.6. The van der Waals surface area contributed by atoms with E-state index in [1.165, 1.54) is 96.3 Å². The van der Waals surface area contributed by atoms with E-state index >= 15 is 0 Å². The highest BCUT2D eigenvalue weighted by molar-refractivity contribution is 5.69. The monoisotopic (exact) mass is 709 g/mol. The Morgan fingerprint density at radius 1 is 0.490 bits per heavy atom. The number of hydrogen-bond donors (Lipinski definition) is 1. The van der Waals surface area contributed by atoms with Crippen molar-refractivity contribution in [3.05, 3.63) is 85.1 Å². The van der Waals surface area contributed by atoms with Crippen molar-refractivity contribution in [2.24, 2.45) is 0 Å². The lowest BCUT2D eigenvalue weighted by Crippen LogP contribution is -2.27. The molecule has 4 heteroatoms. The third-order valence-corrected chi connectivity index (χ3v) is 8.70. The molecule has 0 aliphatic heterocycles. The predicted octanol–water partition coefficient (Wildman–Crippen LogP) is 14.0. The highest BCUT2D eigenvalue weighted by Gasteiger charge is 2.13. The van der Waals surface area contributed by atoms with Crippen molar-refractivity contribution in [1.29, 1.82) is 0 Å².